The Hall–Kier alpha value is -1.46. The van der Waals surface area contributed by atoms with E-state index in [0.29, 0.717) is 15.8 Å². The Morgan fingerprint density at radius 3 is 3.00 bits per heavy atom. The minimum absolute atomic E-state index is 0.270. The number of carbonyl (C=O) groups is 1. The SMILES string of the molecule is O=C(Nc1nc2c(s1)CCCC2)c1cc(Cl)ccn1. The number of fused-ring (bicyclic) bond motifs is 1. The predicted octanol–water partition coefficient (Wildman–Crippen LogP) is 3.32. The van der Waals surface area contributed by atoms with Crippen LogP contribution in [0.5, 0.6) is 0 Å². The zero-order chi connectivity index (χ0) is 13.2. The van der Waals surface area contributed by atoms with E-state index in [0.717, 1.165) is 18.5 Å². The van der Waals surface area contributed by atoms with E-state index in [9.17, 15) is 4.79 Å². The smallest absolute Gasteiger partial charge is 0.276 e. The molecule has 0 aromatic carbocycles. The van der Waals surface area contributed by atoms with Crippen LogP contribution >= 0.6 is 22.9 Å². The molecule has 0 radical (unpaired) electrons. The molecule has 1 amide bonds. The maximum atomic E-state index is 12.0. The molecule has 98 valence electrons. The second-order valence-corrected chi connectivity index (χ2v) is 5.93. The van der Waals surface area contributed by atoms with Gasteiger partial charge in [-0.1, -0.05) is 11.6 Å². The molecule has 6 heteroatoms. The number of hydrogen-bond donors (Lipinski definition) is 1. The first-order valence-electron chi connectivity index (χ1n) is 6.14. The lowest BCUT2D eigenvalue weighted by molar-refractivity contribution is 0.102. The third-order valence-corrected chi connectivity index (χ3v) is 4.33. The summed E-state index contributed by atoms with van der Waals surface area (Å²) in [6.07, 6.45) is 5.98. The molecule has 2 heterocycles. The largest absolute Gasteiger partial charge is 0.296 e. The fourth-order valence-electron chi connectivity index (χ4n) is 2.10. The zero-order valence-corrected chi connectivity index (χ0v) is 11.7. The summed E-state index contributed by atoms with van der Waals surface area (Å²) in [7, 11) is 0. The number of halogens is 1. The standard InChI is InChI=1S/C13H12ClN3OS/c14-8-5-6-15-10(7-8)12(18)17-13-16-9-3-1-2-4-11(9)19-13/h5-7H,1-4H2,(H,16,17,18). The molecule has 2 aromatic rings. The van der Waals surface area contributed by atoms with Gasteiger partial charge in [-0.2, -0.15) is 0 Å². The molecule has 0 fully saturated rings. The summed E-state index contributed by atoms with van der Waals surface area (Å²) in [6, 6.07) is 3.19. The quantitative estimate of drug-likeness (QED) is 0.924. The molecule has 2 aromatic heterocycles. The molecule has 1 N–H and O–H groups in total. The summed E-state index contributed by atoms with van der Waals surface area (Å²) in [5.41, 5.74) is 1.44. The van der Waals surface area contributed by atoms with Gasteiger partial charge in [-0.25, -0.2) is 4.98 Å². The Bertz CT molecular complexity index is 603. The summed E-state index contributed by atoms with van der Waals surface area (Å²) in [4.78, 5) is 21.8. The normalized spacial score (nSPS) is 13.9. The first-order chi connectivity index (χ1) is 9.22. The van der Waals surface area contributed by atoms with Crippen molar-refractivity contribution in [3.63, 3.8) is 0 Å². The highest BCUT2D eigenvalue weighted by atomic mass is 35.5. The zero-order valence-electron chi connectivity index (χ0n) is 10.1. The van der Waals surface area contributed by atoms with Crippen molar-refractivity contribution in [2.45, 2.75) is 25.7 Å². The highest BCUT2D eigenvalue weighted by Gasteiger charge is 2.17. The lowest BCUT2D eigenvalue weighted by atomic mass is 10.0. The van der Waals surface area contributed by atoms with E-state index in [1.807, 2.05) is 0 Å². The number of aromatic nitrogens is 2. The molecule has 0 bridgehead atoms. The Kier molecular flexibility index (Phi) is 3.48. The molecule has 0 saturated carbocycles. The summed E-state index contributed by atoms with van der Waals surface area (Å²) in [6.45, 7) is 0. The van der Waals surface area contributed by atoms with Gasteiger partial charge in [-0.15, -0.1) is 11.3 Å². The number of aryl methyl sites for hydroxylation is 2. The Morgan fingerprint density at radius 1 is 1.37 bits per heavy atom. The van der Waals surface area contributed by atoms with Crippen molar-refractivity contribution >= 4 is 34.0 Å². The third kappa shape index (κ3) is 2.77. The van der Waals surface area contributed by atoms with Crippen LogP contribution in [0.15, 0.2) is 18.3 Å². The number of rotatable bonds is 2. The van der Waals surface area contributed by atoms with Crippen LogP contribution in [-0.2, 0) is 12.8 Å². The maximum Gasteiger partial charge on any atom is 0.276 e. The van der Waals surface area contributed by atoms with E-state index in [1.54, 1.807) is 23.5 Å². The van der Waals surface area contributed by atoms with E-state index in [4.69, 9.17) is 11.6 Å². The molecule has 0 atom stereocenters. The Morgan fingerprint density at radius 2 is 2.21 bits per heavy atom. The van der Waals surface area contributed by atoms with Crippen LogP contribution in [0, 0.1) is 0 Å². The summed E-state index contributed by atoms with van der Waals surface area (Å²) >= 11 is 7.40. The van der Waals surface area contributed by atoms with Gasteiger partial charge in [-0.3, -0.25) is 15.1 Å². The van der Waals surface area contributed by atoms with Crippen molar-refractivity contribution in [1.82, 2.24) is 9.97 Å². The second kappa shape index (κ2) is 5.27. The van der Waals surface area contributed by atoms with Gasteiger partial charge in [0.25, 0.3) is 5.91 Å². The van der Waals surface area contributed by atoms with Crippen molar-refractivity contribution in [1.29, 1.82) is 0 Å². The second-order valence-electron chi connectivity index (χ2n) is 4.41. The highest BCUT2D eigenvalue weighted by Crippen LogP contribution is 2.29. The molecule has 0 spiro atoms. The van der Waals surface area contributed by atoms with Gasteiger partial charge in [0.15, 0.2) is 5.13 Å². The topological polar surface area (TPSA) is 54.9 Å². The number of thiazole rings is 1. The molecule has 0 unspecified atom stereocenters. The lowest BCUT2D eigenvalue weighted by Gasteiger charge is -2.06. The van der Waals surface area contributed by atoms with Crippen molar-refractivity contribution in [3.8, 4) is 0 Å². The van der Waals surface area contributed by atoms with Gasteiger partial charge in [0.05, 0.1) is 5.69 Å². The average Bonchev–Trinajstić information content (AvgIpc) is 2.80. The highest BCUT2D eigenvalue weighted by molar-refractivity contribution is 7.15. The van der Waals surface area contributed by atoms with Crippen LogP contribution in [0.2, 0.25) is 5.02 Å². The van der Waals surface area contributed by atoms with Gasteiger partial charge < -0.3 is 0 Å². The Balaban J connectivity index is 1.77. The number of amides is 1. The third-order valence-electron chi connectivity index (χ3n) is 3.02. The minimum Gasteiger partial charge on any atom is -0.296 e. The van der Waals surface area contributed by atoms with Crippen LogP contribution in [0.3, 0.4) is 0 Å². The molecule has 4 nitrogen and oxygen atoms in total. The van der Waals surface area contributed by atoms with E-state index in [1.165, 1.54) is 23.9 Å². The van der Waals surface area contributed by atoms with E-state index in [2.05, 4.69) is 15.3 Å². The molecule has 19 heavy (non-hydrogen) atoms. The van der Waals surface area contributed by atoms with Crippen LogP contribution < -0.4 is 5.32 Å². The van der Waals surface area contributed by atoms with E-state index < -0.39 is 0 Å². The molecule has 0 saturated heterocycles. The van der Waals surface area contributed by atoms with Crippen molar-refractivity contribution in [3.05, 3.63) is 39.6 Å². The number of carbonyl (C=O) groups excluding carboxylic acids is 1. The number of hydrogen-bond acceptors (Lipinski definition) is 4. The van der Waals surface area contributed by atoms with Crippen LogP contribution in [0.4, 0.5) is 5.13 Å². The van der Waals surface area contributed by atoms with Gasteiger partial charge in [0, 0.05) is 16.1 Å². The molecular formula is C13H12ClN3OS. The summed E-state index contributed by atoms with van der Waals surface area (Å²) in [5.74, 6) is -0.270. The van der Waals surface area contributed by atoms with Gasteiger partial charge in [0.2, 0.25) is 0 Å². The van der Waals surface area contributed by atoms with Crippen LogP contribution in [0.25, 0.3) is 0 Å². The Labute approximate surface area is 119 Å². The van der Waals surface area contributed by atoms with Crippen molar-refractivity contribution in [2.24, 2.45) is 0 Å². The number of nitrogens with one attached hydrogen (secondary N) is 1. The predicted molar refractivity (Wildman–Crippen MR) is 76.0 cm³/mol. The van der Waals surface area contributed by atoms with Crippen LogP contribution in [0.1, 0.15) is 33.9 Å². The summed E-state index contributed by atoms with van der Waals surface area (Å²) < 4.78 is 0. The number of pyridine rings is 1. The lowest BCUT2D eigenvalue weighted by Crippen LogP contribution is -2.13. The van der Waals surface area contributed by atoms with Gasteiger partial charge in [-0.05, 0) is 37.8 Å². The van der Waals surface area contributed by atoms with Crippen molar-refractivity contribution in [2.75, 3.05) is 5.32 Å². The first kappa shape index (κ1) is 12.6. The molecule has 1 aliphatic carbocycles. The monoisotopic (exact) mass is 293 g/mol. The maximum absolute atomic E-state index is 12.0. The van der Waals surface area contributed by atoms with E-state index >= 15 is 0 Å². The molecule has 3 rings (SSSR count). The van der Waals surface area contributed by atoms with Crippen LogP contribution in [-0.4, -0.2) is 15.9 Å². The molecule has 1 aliphatic rings. The van der Waals surface area contributed by atoms with Gasteiger partial charge in [0.1, 0.15) is 5.69 Å². The minimum atomic E-state index is -0.270. The van der Waals surface area contributed by atoms with Gasteiger partial charge >= 0.3 is 0 Å². The fraction of sp³-hybridized carbons (Fsp3) is 0.308. The number of nitrogens with zero attached hydrogens (tertiary/aromatic N) is 2. The first-order valence-corrected chi connectivity index (χ1v) is 7.33. The molecule has 0 aliphatic heterocycles. The van der Waals surface area contributed by atoms with E-state index in [-0.39, 0.29) is 5.91 Å². The molecular weight excluding hydrogens is 282 g/mol. The summed E-state index contributed by atoms with van der Waals surface area (Å²) in [5, 5.41) is 3.94. The van der Waals surface area contributed by atoms with Crippen molar-refractivity contribution < 1.29 is 4.79 Å². The average molecular weight is 294 g/mol. The fourth-order valence-corrected chi connectivity index (χ4v) is 3.30. The number of anilines is 1.